The molecule has 1 heterocycles. The highest BCUT2D eigenvalue weighted by molar-refractivity contribution is 5.84. The molecule has 0 spiro atoms. The second kappa shape index (κ2) is 7.12. The number of rotatable bonds is 5. The van der Waals surface area contributed by atoms with Crippen molar-refractivity contribution in [2.24, 2.45) is 0 Å². The SMILES string of the molecule is COc1ccc(N[C@@H](C)C(=O)NC2CCCCC2)cn1. The third-order valence-corrected chi connectivity index (χ3v) is 3.67. The van der Waals surface area contributed by atoms with Crippen LogP contribution >= 0.6 is 0 Å². The fourth-order valence-corrected chi connectivity index (χ4v) is 2.48. The van der Waals surface area contributed by atoms with E-state index in [0.29, 0.717) is 11.9 Å². The van der Waals surface area contributed by atoms with Crippen LogP contribution in [-0.4, -0.2) is 30.1 Å². The second-order valence-corrected chi connectivity index (χ2v) is 5.30. The van der Waals surface area contributed by atoms with Crippen molar-refractivity contribution in [3.05, 3.63) is 18.3 Å². The van der Waals surface area contributed by atoms with Crippen LogP contribution in [-0.2, 0) is 4.79 Å². The van der Waals surface area contributed by atoms with Gasteiger partial charge in [-0.1, -0.05) is 19.3 Å². The maximum Gasteiger partial charge on any atom is 0.242 e. The van der Waals surface area contributed by atoms with E-state index >= 15 is 0 Å². The predicted molar refractivity (Wildman–Crippen MR) is 78.9 cm³/mol. The van der Waals surface area contributed by atoms with Crippen molar-refractivity contribution >= 4 is 11.6 Å². The zero-order chi connectivity index (χ0) is 14.4. The Morgan fingerprint density at radius 2 is 2.10 bits per heavy atom. The zero-order valence-electron chi connectivity index (χ0n) is 12.2. The summed E-state index contributed by atoms with van der Waals surface area (Å²) in [5, 5.41) is 6.27. The molecule has 1 aliphatic carbocycles. The lowest BCUT2D eigenvalue weighted by Gasteiger charge is -2.25. The van der Waals surface area contributed by atoms with Crippen LogP contribution < -0.4 is 15.4 Å². The molecule has 0 aliphatic heterocycles. The quantitative estimate of drug-likeness (QED) is 0.867. The summed E-state index contributed by atoms with van der Waals surface area (Å²) >= 11 is 0. The van der Waals surface area contributed by atoms with Gasteiger partial charge in [-0.2, -0.15) is 0 Å². The van der Waals surface area contributed by atoms with Gasteiger partial charge in [-0.15, -0.1) is 0 Å². The smallest absolute Gasteiger partial charge is 0.242 e. The van der Waals surface area contributed by atoms with Gasteiger partial charge in [-0.05, 0) is 25.8 Å². The third kappa shape index (κ3) is 4.11. The van der Waals surface area contributed by atoms with E-state index in [1.165, 1.54) is 19.3 Å². The number of methoxy groups -OCH3 is 1. The molecule has 1 saturated carbocycles. The van der Waals surface area contributed by atoms with E-state index in [0.717, 1.165) is 18.5 Å². The minimum atomic E-state index is -0.271. The molecule has 2 N–H and O–H groups in total. The number of aromatic nitrogens is 1. The molecule has 1 aromatic rings. The Kier molecular flexibility index (Phi) is 5.21. The molecule has 0 bridgehead atoms. The monoisotopic (exact) mass is 277 g/mol. The van der Waals surface area contributed by atoms with E-state index < -0.39 is 0 Å². The van der Waals surface area contributed by atoms with Crippen LogP contribution in [0.15, 0.2) is 18.3 Å². The molecule has 5 heteroatoms. The van der Waals surface area contributed by atoms with Crippen molar-refractivity contribution in [2.45, 2.75) is 51.1 Å². The standard InChI is InChI=1S/C15H23N3O2/c1-11(15(19)18-12-6-4-3-5-7-12)17-13-8-9-14(20-2)16-10-13/h8-12,17H,3-7H2,1-2H3,(H,18,19)/t11-/m0/s1. The molecule has 20 heavy (non-hydrogen) atoms. The molecule has 0 saturated heterocycles. The minimum Gasteiger partial charge on any atom is -0.481 e. The maximum atomic E-state index is 12.1. The molecule has 5 nitrogen and oxygen atoms in total. The molecule has 1 atom stereocenters. The highest BCUT2D eigenvalue weighted by atomic mass is 16.5. The number of hydrogen-bond acceptors (Lipinski definition) is 4. The van der Waals surface area contributed by atoms with E-state index in [9.17, 15) is 4.79 Å². The Morgan fingerprint density at radius 1 is 1.35 bits per heavy atom. The maximum absolute atomic E-state index is 12.1. The number of nitrogens with one attached hydrogen (secondary N) is 2. The van der Waals surface area contributed by atoms with Crippen LogP contribution in [0.25, 0.3) is 0 Å². The highest BCUT2D eigenvalue weighted by Crippen LogP contribution is 2.18. The highest BCUT2D eigenvalue weighted by Gasteiger charge is 2.19. The van der Waals surface area contributed by atoms with E-state index in [1.54, 1.807) is 19.4 Å². The summed E-state index contributed by atoms with van der Waals surface area (Å²) < 4.78 is 5.00. The number of anilines is 1. The van der Waals surface area contributed by atoms with Gasteiger partial charge in [0.25, 0.3) is 0 Å². The van der Waals surface area contributed by atoms with Crippen molar-refractivity contribution in [3.63, 3.8) is 0 Å². The molecular weight excluding hydrogens is 254 g/mol. The van der Waals surface area contributed by atoms with Gasteiger partial charge in [-0.25, -0.2) is 4.98 Å². The van der Waals surface area contributed by atoms with Crippen molar-refractivity contribution in [1.29, 1.82) is 0 Å². The molecule has 0 radical (unpaired) electrons. The lowest BCUT2D eigenvalue weighted by Crippen LogP contribution is -2.44. The van der Waals surface area contributed by atoms with Crippen molar-refractivity contribution in [1.82, 2.24) is 10.3 Å². The van der Waals surface area contributed by atoms with Gasteiger partial charge in [0.1, 0.15) is 6.04 Å². The van der Waals surface area contributed by atoms with Gasteiger partial charge >= 0.3 is 0 Å². The Labute approximate surface area is 120 Å². The van der Waals surface area contributed by atoms with Gasteiger partial charge < -0.3 is 15.4 Å². The fraction of sp³-hybridized carbons (Fsp3) is 0.600. The second-order valence-electron chi connectivity index (χ2n) is 5.30. The zero-order valence-corrected chi connectivity index (χ0v) is 12.2. The number of amides is 1. The number of carbonyl (C=O) groups is 1. The molecule has 110 valence electrons. The Balaban J connectivity index is 1.83. The molecule has 1 aliphatic rings. The summed E-state index contributed by atoms with van der Waals surface area (Å²) in [7, 11) is 1.58. The van der Waals surface area contributed by atoms with Crippen LogP contribution in [0.4, 0.5) is 5.69 Å². The molecule has 1 amide bonds. The number of nitrogens with zero attached hydrogens (tertiary/aromatic N) is 1. The van der Waals surface area contributed by atoms with Gasteiger partial charge in [0.05, 0.1) is 19.0 Å². The van der Waals surface area contributed by atoms with Crippen molar-refractivity contribution in [3.8, 4) is 5.88 Å². The van der Waals surface area contributed by atoms with Crippen LogP contribution in [0.1, 0.15) is 39.0 Å². The van der Waals surface area contributed by atoms with E-state index in [-0.39, 0.29) is 11.9 Å². The summed E-state index contributed by atoms with van der Waals surface area (Å²) in [6.45, 7) is 1.86. The van der Waals surface area contributed by atoms with Gasteiger partial charge in [0, 0.05) is 12.1 Å². The first kappa shape index (κ1) is 14.6. The van der Waals surface area contributed by atoms with Crippen LogP contribution in [0.3, 0.4) is 0 Å². The summed E-state index contributed by atoms with van der Waals surface area (Å²) in [5.74, 6) is 0.613. The van der Waals surface area contributed by atoms with Gasteiger partial charge in [0.15, 0.2) is 0 Å². The van der Waals surface area contributed by atoms with E-state index in [1.807, 2.05) is 13.0 Å². The van der Waals surface area contributed by atoms with Gasteiger partial charge in [-0.3, -0.25) is 4.79 Å². The molecule has 1 fully saturated rings. The normalized spacial score (nSPS) is 17.3. The average Bonchev–Trinajstić information content (AvgIpc) is 2.49. The first-order valence-corrected chi connectivity index (χ1v) is 7.26. The van der Waals surface area contributed by atoms with E-state index in [4.69, 9.17) is 4.74 Å². The van der Waals surface area contributed by atoms with Crippen LogP contribution in [0.5, 0.6) is 5.88 Å². The summed E-state index contributed by atoms with van der Waals surface area (Å²) in [6.07, 6.45) is 7.59. The Bertz CT molecular complexity index is 427. The molecule has 0 aromatic carbocycles. The lowest BCUT2D eigenvalue weighted by molar-refractivity contribution is -0.122. The average molecular weight is 277 g/mol. The van der Waals surface area contributed by atoms with Crippen molar-refractivity contribution < 1.29 is 9.53 Å². The minimum absolute atomic E-state index is 0.0488. The van der Waals surface area contributed by atoms with Crippen LogP contribution in [0.2, 0.25) is 0 Å². The molecular formula is C15H23N3O2. The summed E-state index contributed by atoms with van der Waals surface area (Å²) in [6, 6.07) is 3.70. The summed E-state index contributed by atoms with van der Waals surface area (Å²) in [5.41, 5.74) is 0.817. The van der Waals surface area contributed by atoms with E-state index in [2.05, 4.69) is 15.6 Å². The number of carbonyl (C=O) groups excluding carboxylic acids is 1. The molecule has 0 unspecified atom stereocenters. The summed E-state index contributed by atoms with van der Waals surface area (Å²) in [4.78, 5) is 16.2. The van der Waals surface area contributed by atoms with Crippen LogP contribution in [0, 0.1) is 0 Å². The number of pyridine rings is 1. The Morgan fingerprint density at radius 3 is 2.70 bits per heavy atom. The first-order valence-electron chi connectivity index (χ1n) is 7.26. The third-order valence-electron chi connectivity index (χ3n) is 3.67. The number of hydrogen-bond donors (Lipinski definition) is 2. The first-order chi connectivity index (χ1) is 9.69. The Hall–Kier alpha value is -1.78. The number of ether oxygens (including phenoxy) is 1. The molecule has 1 aromatic heterocycles. The van der Waals surface area contributed by atoms with Gasteiger partial charge in [0.2, 0.25) is 11.8 Å². The lowest BCUT2D eigenvalue weighted by atomic mass is 9.95. The predicted octanol–water partition coefficient (Wildman–Crippen LogP) is 2.34. The topological polar surface area (TPSA) is 63.2 Å². The molecule has 2 rings (SSSR count). The fourth-order valence-electron chi connectivity index (χ4n) is 2.48. The largest absolute Gasteiger partial charge is 0.481 e. The van der Waals surface area contributed by atoms with Crippen molar-refractivity contribution in [2.75, 3.05) is 12.4 Å².